The lowest BCUT2D eigenvalue weighted by Crippen LogP contribution is -2.40. The van der Waals surface area contributed by atoms with Gasteiger partial charge in [-0.2, -0.15) is 10.4 Å². The molecule has 1 aromatic carbocycles. The van der Waals surface area contributed by atoms with E-state index in [0.717, 1.165) is 37.1 Å². The molecule has 2 aromatic heterocycles. The Kier molecular flexibility index (Phi) is 4.77. The third-order valence-corrected chi connectivity index (χ3v) is 6.45. The first-order valence-corrected chi connectivity index (χ1v) is 9.94. The number of nitrogens with zero attached hydrogens (tertiary/aromatic N) is 5. The van der Waals surface area contributed by atoms with E-state index in [2.05, 4.69) is 22.1 Å². The highest BCUT2D eigenvalue weighted by Crippen LogP contribution is 2.32. The summed E-state index contributed by atoms with van der Waals surface area (Å²) in [7, 11) is 0. The summed E-state index contributed by atoms with van der Waals surface area (Å²) in [5.74, 6) is 0.369. The van der Waals surface area contributed by atoms with Gasteiger partial charge in [-0.05, 0) is 50.9 Å². The maximum absolute atomic E-state index is 12.6. The Morgan fingerprint density at radius 3 is 2.93 bits per heavy atom. The normalized spacial score (nSPS) is 17.9. The molecule has 138 valence electrons. The van der Waals surface area contributed by atoms with Crippen LogP contribution in [0.15, 0.2) is 29.1 Å². The van der Waals surface area contributed by atoms with Gasteiger partial charge in [-0.3, -0.25) is 9.69 Å². The van der Waals surface area contributed by atoms with E-state index < -0.39 is 0 Å². The van der Waals surface area contributed by atoms with Crippen LogP contribution in [0.5, 0.6) is 0 Å². The molecule has 27 heavy (non-hydrogen) atoms. The number of fused-ring (bicyclic) bond motifs is 1. The van der Waals surface area contributed by atoms with Gasteiger partial charge in [0.25, 0.3) is 5.56 Å². The van der Waals surface area contributed by atoms with Crippen molar-refractivity contribution in [3.63, 3.8) is 0 Å². The third-order valence-electron chi connectivity index (χ3n) is 5.25. The molecule has 0 N–H and O–H groups in total. The molecule has 1 saturated heterocycles. The van der Waals surface area contributed by atoms with Gasteiger partial charge in [0, 0.05) is 12.5 Å². The fraction of sp³-hybridized carbons (Fsp3) is 0.400. The van der Waals surface area contributed by atoms with E-state index in [1.165, 1.54) is 14.4 Å². The molecule has 0 unspecified atom stereocenters. The summed E-state index contributed by atoms with van der Waals surface area (Å²) in [6.07, 6.45) is 2.17. The van der Waals surface area contributed by atoms with Crippen LogP contribution in [0, 0.1) is 25.2 Å². The molecule has 0 radical (unpaired) electrons. The summed E-state index contributed by atoms with van der Waals surface area (Å²) < 4.78 is 2.65. The van der Waals surface area contributed by atoms with E-state index in [0.29, 0.717) is 18.2 Å². The minimum absolute atomic E-state index is 0.197. The summed E-state index contributed by atoms with van der Waals surface area (Å²) in [6.45, 7) is 5.80. The molecule has 1 aliphatic heterocycles. The van der Waals surface area contributed by atoms with Crippen molar-refractivity contribution in [1.29, 1.82) is 5.26 Å². The molecule has 3 aromatic rings. The molecule has 0 spiro atoms. The first-order valence-electron chi connectivity index (χ1n) is 9.13. The quantitative estimate of drug-likeness (QED) is 0.699. The van der Waals surface area contributed by atoms with Crippen molar-refractivity contribution in [2.75, 3.05) is 13.1 Å². The van der Waals surface area contributed by atoms with E-state index in [1.807, 2.05) is 25.1 Å². The lowest BCUT2D eigenvalue weighted by Gasteiger charge is -2.31. The Bertz CT molecular complexity index is 1060. The van der Waals surface area contributed by atoms with Crippen molar-refractivity contribution in [2.45, 2.75) is 39.3 Å². The highest BCUT2D eigenvalue weighted by molar-refractivity contribution is 7.18. The van der Waals surface area contributed by atoms with Crippen molar-refractivity contribution < 1.29 is 0 Å². The van der Waals surface area contributed by atoms with E-state index in [9.17, 15) is 10.1 Å². The number of aryl methyl sites for hydroxylation is 1. The van der Waals surface area contributed by atoms with Gasteiger partial charge in [-0.1, -0.05) is 12.1 Å². The highest BCUT2D eigenvalue weighted by Gasteiger charge is 2.25. The second kappa shape index (κ2) is 7.22. The van der Waals surface area contributed by atoms with Crippen LogP contribution < -0.4 is 5.56 Å². The molecule has 0 aliphatic carbocycles. The van der Waals surface area contributed by atoms with Crippen LogP contribution in [0.1, 0.15) is 40.6 Å². The Morgan fingerprint density at radius 1 is 1.33 bits per heavy atom. The minimum Gasteiger partial charge on any atom is -0.284 e. The fourth-order valence-electron chi connectivity index (χ4n) is 3.64. The first kappa shape index (κ1) is 17.8. The van der Waals surface area contributed by atoms with Crippen LogP contribution in [0.25, 0.3) is 10.2 Å². The molecule has 4 rings (SSSR count). The van der Waals surface area contributed by atoms with Crippen molar-refractivity contribution >= 4 is 21.6 Å². The number of para-hydroxylation sites is 1. The Morgan fingerprint density at radius 2 is 2.15 bits per heavy atom. The van der Waals surface area contributed by atoms with Gasteiger partial charge in [-0.25, -0.2) is 9.67 Å². The maximum Gasteiger partial charge on any atom is 0.286 e. The molecule has 1 fully saturated rings. The smallest absolute Gasteiger partial charge is 0.284 e. The first-order chi connectivity index (χ1) is 13.1. The number of benzene rings is 1. The third kappa shape index (κ3) is 3.38. The Labute approximate surface area is 161 Å². The predicted octanol–water partition coefficient (Wildman–Crippen LogP) is 3.18. The molecule has 1 atom stereocenters. The van der Waals surface area contributed by atoms with Crippen LogP contribution in [-0.4, -0.2) is 32.8 Å². The van der Waals surface area contributed by atoms with E-state index in [-0.39, 0.29) is 11.1 Å². The summed E-state index contributed by atoms with van der Waals surface area (Å²) in [5, 5.41) is 14.9. The molecule has 0 bridgehead atoms. The standard InChI is InChI=1S/C20H21N5OS/c1-13-14(2)23-25(20(26)16(13)10-21)12-24-9-5-6-15(11-24)19-22-17-7-3-4-8-18(17)27-19/h3-4,7-8,15H,5-6,9,11-12H2,1-2H3/t15-/m0/s1. The number of likely N-dealkylation sites (tertiary alicyclic amines) is 1. The zero-order chi connectivity index (χ0) is 19.0. The highest BCUT2D eigenvalue weighted by atomic mass is 32.1. The van der Waals surface area contributed by atoms with Crippen LogP contribution in [0.2, 0.25) is 0 Å². The average molecular weight is 379 g/mol. The Balaban J connectivity index is 1.57. The van der Waals surface area contributed by atoms with Crippen molar-refractivity contribution in [2.24, 2.45) is 0 Å². The summed E-state index contributed by atoms with van der Waals surface area (Å²) in [5.41, 5.74) is 2.35. The van der Waals surface area contributed by atoms with Crippen LogP contribution in [0.4, 0.5) is 0 Å². The van der Waals surface area contributed by atoms with Crippen LogP contribution in [0.3, 0.4) is 0 Å². The van der Waals surface area contributed by atoms with E-state index >= 15 is 0 Å². The van der Waals surface area contributed by atoms with Gasteiger partial charge in [-0.15, -0.1) is 11.3 Å². The number of nitriles is 1. The van der Waals surface area contributed by atoms with Crippen LogP contribution >= 0.6 is 11.3 Å². The minimum atomic E-state index is -0.303. The molecular weight excluding hydrogens is 358 g/mol. The average Bonchev–Trinajstić information content (AvgIpc) is 3.11. The molecular formula is C20H21N5OS. The molecule has 3 heterocycles. The monoisotopic (exact) mass is 379 g/mol. The topological polar surface area (TPSA) is 74.8 Å². The Hall–Kier alpha value is -2.56. The second-order valence-electron chi connectivity index (χ2n) is 7.08. The lowest BCUT2D eigenvalue weighted by molar-refractivity contribution is 0.153. The molecule has 1 aliphatic rings. The number of thiazole rings is 1. The van der Waals surface area contributed by atoms with E-state index in [4.69, 9.17) is 4.98 Å². The number of hydrogen-bond donors (Lipinski definition) is 0. The zero-order valence-electron chi connectivity index (χ0n) is 15.5. The SMILES string of the molecule is Cc1nn(CN2CCC[C@H](c3nc4ccccc4s3)C2)c(=O)c(C#N)c1C. The van der Waals surface area contributed by atoms with Gasteiger partial charge >= 0.3 is 0 Å². The summed E-state index contributed by atoms with van der Waals surface area (Å²) >= 11 is 1.76. The van der Waals surface area contributed by atoms with Crippen LogP contribution in [-0.2, 0) is 6.67 Å². The van der Waals surface area contributed by atoms with Gasteiger partial charge in [0.1, 0.15) is 11.6 Å². The largest absolute Gasteiger partial charge is 0.286 e. The second-order valence-corrected chi connectivity index (χ2v) is 8.14. The number of aromatic nitrogens is 3. The van der Waals surface area contributed by atoms with Crippen molar-refractivity contribution in [1.82, 2.24) is 19.7 Å². The summed E-state index contributed by atoms with van der Waals surface area (Å²) in [6, 6.07) is 10.3. The molecule has 0 amide bonds. The van der Waals surface area contributed by atoms with Gasteiger partial charge in [0.2, 0.25) is 0 Å². The fourth-order valence-corrected chi connectivity index (χ4v) is 4.73. The summed E-state index contributed by atoms with van der Waals surface area (Å²) in [4.78, 5) is 19.6. The van der Waals surface area contributed by atoms with E-state index in [1.54, 1.807) is 18.3 Å². The molecule has 0 saturated carbocycles. The van der Waals surface area contributed by atoms with Crippen molar-refractivity contribution in [3.05, 3.63) is 56.4 Å². The maximum atomic E-state index is 12.6. The number of hydrogen-bond acceptors (Lipinski definition) is 6. The van der Waals surface area contributed by atoms with Gasteiger partial charge < -0.3 is 0 Å². The molecule has 7 heteroatoms. The zero-order valence-corrected chi connectivity index (χ0v) is 16.3. The number of rotatable bonds is 3. The van der Waals surface area contributed by atoms with Crippen molar-refractivity contribution in [3.8, 4) is 6.07 Å². The predicted molar refractivity (Wildman–Crippen MR) is 106 cm³/mol. The van der Waals surface area contributed by atoms with Gasteiger partial charge in [0.15, 0.2) is 0 Å². The number of piperidine rings is 1. The molecule has 6 nitrogen and oxygen atoms in total. The lowest BCUT2D eigenvalue weighted by atomic mass is 9.99. The van der Waals surface area contributed by atoms with Gasteiger partial charge in [0.05, 0.1) is 27.6 Å².